The minimum Gasteiger partial charge on any atom is -0.481 e. The number of carbonyl (C=O) groups excluding carboxylic acids is 1. The van der Waals surface area contributed by atoms with Crippen molar-refractivity contribution in [1.29, 1.82) is 0 Å². The number of rotatable bonds is 5. The van der Waals surface area contributed by atoms with E-state index in [0.29, 0.717) is 0 Å². The Hall–Kier alpha value is -2.67. The van der Waals surface area contributed by atoms with Gasteiger partial charge in [-0.3, -0.25) is 4.79 Å². The van der Waals surface area contributed by atoms with Crippen molar-refractivity contribution in [2.24, 2.45) is 0 Å². The van der Waals surface area contributed by atoms with E-state index in [1.807, 2.05) is 0 Å². The van der Waals surface area contributed by atoms with E-state index in [-0.39, 0.29) is 21.7 Å². The van der Waals surface area contributed by atoms with Crippen LogP contribution in [0.4, 0.5) is 13.6 Å². The number of carbonyl (C=O) groups is 2. The molecule has 0 heterocycles. The Bertz CT molecular complexity index is 943. The van der Waals surface area contributed by atoms with Crippen molar-refractivity contribution in [2.45, 2.75) is 45.3 Å². The lowest BCUT2D eigenvalue weighted by Crippen LogP contribution is -2.47. The van der Waals surface area contributed by atoms with Crippen LogP contribution in [0.2, 0.25) is 5.02 Å². The molecule has 2 N–H and O–H groups in total. The van der Waals surface area contributed by atoms with Gasteiger partial charge >= 0.3 is 12.1 Å². The number of alkyl carbamates (subject to hydrolysis) is 1. The van der Waals surface area contributed by atoms with Crippen LogP contribution >= 0.6 is 11.6 Å². The molecule has 8 heteroatoms. The number of hydrogen-bond acceptors (Lipinski definition) is 3. The predicted octanol–water partition coefficient (Wildman–Crippen LogP) is 5.50. The summed E-state index contributed by atoms with van der Waals surface area (Å²) in [4.78, 5) is 23.8. The van der Waals surface area contributed by atoms with Crippen molar-refractivity contribution >= 4 is 23.7 Å². The lowest BCUT2D eigenvalue weighted by atomic mass is 9.86. The quantitative estimate of drug-likeness (QED) is 0.663. The first-order valence-corrected chi connectivity index (χ1v) is 9.17. The maximum absolute atomic E-state index is 14.3. The lowest BCUT2D eigenvalue weighted by Gasteiger charge is -2.32. The second-order valence-corrected chi connectivity index (χ2v) is 8.20. The molecule has 156 valence electrons. The molecule has 2 aromatic rings. The fourth-order valence-corrected chi connectivity index (χ4v) is 3.35. The summed E-state index contributed by atoms with van der Waals surface area (Å²) >= 11 is 6.49. The molecule has 0 aliphatic rings. The predicted molar refractivity (Wildman–Crippen MR) is 106 cm³/mol. The van der Waals surface area contributed by atoms with E-state index in [2.05, 4.69) is 5.32 Å². The van der Waals surface area contributed by atoms with E-state index in [4.69, 9.17) is 16.3 Å². The number of hydrogen-bond donors (Lipinski definition) is 2. The molecule has 1 atom stereocenters. The van der Waals surface area contributed by atoms with Gasteiger partial charge in [0, 0.05) is 17.2 Å². The zero-order chi connectivity index (χ0) is 22.0. The zero-order valence-electron chi connectivity index (χ0n) is 16.5. The molecule has 2 aromatic carbocycles. The Morgan fingerprint density at radius 1 is 1.10 bits per heavy atom. The first kappa shape index (κ1) is 22.6. The van der Waals surface area contributed by atoms with Gasteiger partial charge in [-0.25, -0.2) is 13.6 Å². The summed E-state index contributed by atoms with van der Waals surface area (Å²) in [6.45, 7) is 6.50. The number of nitrogens with one attached hydrogen (secondary N) is 1. The van der Waals surface area contributed by atoms with E-state index < -0.39 is 41.3 Å². The maximum atomic E-state index is 14.3. The Labute approximate surface area is 172 Å². The number of benzene rings is 2. The van der Waals surface area contributed by atoms with Crippen LogP contribution in [0.25, 0.3) is 11.1 Å². The first-order valence-electron chi connectivity index (χ1n) is 8.80. The van der Waals surface area contributed by atoms with Crippen molar-refractivity contribution in [3.05, 3.63) is 58.6 Å². The molecule has 0 unspecified atom stereocenters. The molecule has 0 fully saturated rings. The SMILES string of the molecule is CC(C)(C)OC(=O)N[C@@](C)(CC(=O)O)c1cccc(-c2ccc(F)cc2F)c1Cl. The molecule has 0 saturated heterocycles. The van der Waals surface area contributed by atoms with Gasteiger partial charge in [-0.05, 0) is 45.4 Å². The van der Waals surface area contributed by atoms with E-state index in [1.54, 1.807) is 26.8 Å². The largest absolute Gasteiger partial charge is 0.481 e. The number of carboxylic acid groups (broad SMARTS) is 1. The van der Waals surface area contributed by atoms with Gasteiger partial charge in [0.05, 0.1) is 17.0 Å². The molecule has 5 nitrogen and oxygen atoms in total. The third kappa shape index (κ3) is 5.67. The summed E-state index contributed by atoms with van der Waals surface area (Å²) in [5, 5.41) is 12.0. The van der Waals surface area contributed by atoms with Crippen LogP contribution in [0.1, 0.15) is 39.7 Å². The number of carboxylic acids is 1. The van der Waals surface area contributed by atoms with E-state index in [0.717, 1.165) is 12.1 Å². The van der Waals surface area contributed by atoms with Crippen molar-refractivity contribution in [3.63, 3.8) is 0 Å². The molecule has 0 aliphatic heterocycles. The van der Waals surface area contributed by atoms with Gasteiger partial charge in [-0.15, -0.1) is 0 Å². The highest BCUT2D eigenvalue weighted by molar-refractivity contribution is 6.34. The van der Waals surface area contributed by atoms with Crippen molar-refractivity contribution in [2.75, 3.05) is 0 Å². The lowest BCUT2D eigenvalue weighted by molar-refractivity contribution is -0.138. The molecule has 0 spiro atoms. The molecule has 0 aliphatic carbocycles. The van der Waals surface area contributed by atoms with Gasteiger partial charge in [-0.2, -0.15) is 0 Å². The van der Waals surface area contributed by atoms with Crippen LogP contribution in [0.15, 0.2) is 36.4 Å². The molecule has 0 bridgehead atoms. The van der Waals surface area contributed by atoms with Crippen LogP contribution in [-0.4, -0.2) is 22.8 Å². The number of halogens is 3. The normalized spacial score (nSPS) is 13.5. The van der Waals surface area contributed by atoms with Crippen LogP contribution < -0.4 is 5.32 Å². The van der Waals surface area contributed by atoms with Crippen molar-refractivity contribution in [1.82, 2.24) is 5.32 Å². The molecule has 0 saturated carbocycles. The summed E-state index contributed by atoms with van der Waals surface area (Å²) in [6.07, 6.45) is -1.32. The van der Waals surface area contributed by atoms with E-state index in [9.17, 15) is 23.5 Å². The highest BCUT2D eigenvalue weighted by Gasteiger charge is 2.35. The fourth-order valence-electron chi connectivity index (χ4n) is 2.91. The minimum absolute atomic E-state index is 0.0396. The monoisotopic (exact) mass is 425 g/mol. The summed E-state index contributed by atoms with van der Waals surface area (Å²) in [7, 11) is 0. The van der Waals surface area contributed by atoms with Gasteiger partial charge in [0.2, 0.25) is 0 Å². The summed E-state index contributed by atoms with van der Waals surface area (Å²) in [5.74, 6) is -2.73. The van der Waals surface area contributed by atoms with Crippen LogP contribution in [0.5, 0.6) is 0 Å². The molecular formula is C21H22ClF2NO4. The Kier molecular flexibility index (Phi) is 6.53. The van der Waals surface area contributed by atoms with Crippen molar-refractivity contribution < 1.29 is 28.2 Å². The maximum Gasteiger partial charge on any atom is 0.408 e. The average Bonchev–Trinajstić information content (AvgIpc) is 2.52. The van der Waals surface area contributed by atoms with Crippen LogP contribution in [-0.2, 0) is 15.1 Å². The highest BCUT2D eigenvalue weighted by Crippen LogP contribution is 2.38. The Balaban J connectivity index is 2.54. The second-order valence-electron chi connectivity index (χ2n) is 7.82. The molecule has 0 radical (unpaired) electrons. The topological polar surface area (TPSA) is 75.6 Å². The summed E-state index contributed by atoms with van der Waals surface area (Å²) in [6, 6.07) is 7.68. The van der Waals surface area contributed by atoms with Gasteiger partial charge in [0.25, 0.3) is 0 Å². The van der Waals surface area contributed by atoms with E-state index >= 15 is 0 Å². The molecule has 29 heavy (non-hydrogen) atoms. The minimum atomic E-state index is -1.45. The third-order valence-electron chi connectivity index (χ3n) is 4.10. The Morgan fingerprint density at radius 2 is 1.76 bits per heavy atom. The molecule has 2 rings (SSSR count). The van der Waals surface area contributed by atoms with Gasteiger partial charge in [0.15, 0.2) is 0 Å². The van der Waals surface area contributed by atoms with Crippen LogP contribution in [0, 0.1) is 11.6 Å². The number of amides is 1. The van der Waals surface area contributed by atoms with Gasteiger partial charge < -0.3 is 15.2 Å². The standard InChI is InChI=1S/C21H22ClF2NO4/c1-20(2,3)29-19(28)25-21(4,11-17(26)27)15-7-5-6-14(18(15)22)13-9-8-12(23)10-16(13)24/h5-10H,11H2,1-4H3,(H,25,28)(H,26,27)/t21-/m0/s1. The fraction of sp³-hybridized carbons (Fsp3) is 0.333. The zero-order valence-corrected chi connectivity index (χ0v) is 17.2. The average molecular weight is 426 g/mol. The number of ether oxygens (including phenoxy) is 1. The summed E-state index contributed by atoms with van der Waals surface area (Å²) < 4.78 is 32.8. The molecule has 1 amide bonds. The Morgan fingerprint density at radius 3 is 2.31 bits per heavy atom. The van der Waals surface area contributed by atoms with Crippen molar-refractivity contribution in [3.8, 4) is 11.1 Å². The second kappa shape index (κ2) is 8.37. The van der Waals surface area contributed by atoms with E-state index in [1.165, 1.54) is 25.1 Å². The third-order valence-corrected chi connectivity index (χ3v) is 4.50. The smallest absolute Gasteiger partial charge is 0.408 e. The van der Waals surface area contributed by atoms with Crippen LogP contribution in [0.3, 0.4) is 0 Å². The highest BCUT2D eigenvalue weighted by atomic mass is 35.5. The molecular weight excluding hydrogens is 404 g/mol. The first-order chi connectivity index (χ1) is 13.3. The summed E-state index contributed by atoms with van der Waals surface area (Å²) in [5.41, 5.74) is -1.69. The number of aliphatic carboxylic acids is 1. The van der Waals surface area contributed by atoms with Gasteiger partial charge in [0.1, 0.15) is 17.2 Å². The van der Waals surface area contributed by atoms with Gasteiger partial charge in [-0.1, -0.05) is 29.8 Å². The molecule has 0 aromatic heterocycles.